The van der Waals surface area contributed by atoms with Crippen molar-refractivity contribution >= 4 is 62.3 Å². The van der Waals surface area contributed by atoms with Crippen LogP contribution < -0.4 is 9.62 Å². The molecule has 1 fully saturated rings. The molecule has 1 N–H and O–H groups in total. The summed E-state index contributed by atoms with van der Waals surface area (Å²) in [5, 5.41) is 3.16. The predicted octanol–water partition coefficient (Wildman–Crippen LogP) is 7.52. The quantitative estimate of drug-likeness (QED) is 0.222. The lowest BCUT2D eigenvalue weighted by molar-refractivity contribution is -0.140. The number of rotatable bonds is 11. The highest BCUT2D eigenvalue weighted by Crippen LogP contribution is 2.36. The molecule has 1 aliphatic rings. The van der Waals surface area contributed by atoms with Gasteiger partial charge in [0.05, 0.1) is 22.5 Å². The Morgan fingerprint density at radius 1 is 0.913 bits per heavy atom. The van der Waals surface area contributed by atoms with Gasteiger partial charge in [-0.3, -0.25) is 13.9 Å². The molecule has 4 rings (SSSR count). The number of anilines is 1. The standard InChI is InChI=1S/C32H33Cl3F3N3O4S/c1-46(44,45)41(28-18-22(32(36,37)38)15-16-27(28)35)20-30(42)40(19-24-25(33)13-8-14-26(24)34)29(17-21-9-4-2-5-10-21)31(43)39-23-11-6-3-7-12-23/h2,4-5,8-10,13-16,18,23,29H,3,6-7,11-12,17,19-20H2,1H3,(H,39,43)/t29-/m0/s1. The summed E-state index contributed by atoms with van der Waals surface area (Å²) in [6, 6.07) is 14.6. The van der Waals surface area contributed by atoms with Gasteiger partial charge in [-0.15, -0.1) is 0 Å². The molecule has 1 aliphatic carbocycles. The van der Waals surface area contributed by atoms with Crippen LogP contribution in [0.3, 0.4) is 0 Å². The predicted molar refractivity (Wildman–Crippen MR) is 175 cm³/mol. The van der Waals surface area contributed by atoms with Crippen LogP contribution in [0.5, 0.6) is 0 Å². The van der Waals surface area contributed by atoms with E-state index < -0.39 is 51.9 Å². The molecule has 0 saturated heterocycles. The number of nitrogens with zero attached hydrogens (tertiary/aromatic N) is 2. The summed E-state index contributed by atoms with van der Waals surface area (Å²) >= 11 is 19.2. The van der Waals surface area contributed by atoms with Gasteiger partial charge in [-0.05, 0) is 48.7 Å². The fraction of sp³-hybridized carbons (Fsp3) is 0.375. The molecule has 3 aromatic rings. The van der Waals surface area contributed by atoms with Crippen LogP contribution >= 0.6 is 34.8 Å². The first-order valence-corrected chi connectivity index (χ1v) is 17.5. The van der Waals surface area contributed by atoms with Gasteiger partial charge >= 0.3 is 6.18 Å². The van der Waals surface area contributed by atoms with Crippen LogP contribution in [0.4, 0.5) is 18.9 Å². The van der Waals surface area contributed by atoms with Gasteiger partial charge in [-0.25, -0.2) is 8.42 Å². The maximum absolute atomic E-state index is 14.3. The molecule has 1 atom stereocenters. The molecule has 7 nitrogen and oxygen atoms in total. The summed E-state index contributed by atoms with van der Waals surface area (Å²) < 4.78 is 67.4. The van der Waals surface area contributed by atoms with E-state index >= 15 is 0 Å². The first-order chi connectivity index (χ1) is 21.6. The van der Waals surface area contributed by atoms with Gasteiger partial charge in [0.1, 0.15) is 12.6 Å². The third-order valence-corrected chi connectivity index (χ3v) is 9.99. The molecule has 0 radical (unpaired) electrons. The fourth-order valence-corrected chi connectivity index (χ4v) is 7.07. The van der Waals surface area contributed by atoms with E-state index in [-0.39, 0.29) is 34.1 Å². The van der Waals surface area contributed by atoms with E-state index in [1.165, 1.54) is 4.90 Å². The van der Waals surface area contributed by atoms with E-state index in [0.717, 1.165) is 50.0 Å². The van der Waals surface area contributed by atoms with Gasteiger partial charge < -0.3 is 10.2 Å². The van der Waals surface area contributed by atoms with Crippen LogP contribution in [0, 0.1) is 0 Å². The molecule has 1 saturated carbocycles. The lowest BCUT2D eigenvalue weighted by atomic mass is 9.94. The van der Waals surface area contributed by atoms with E-state index in [4.69, 9.17) is 34.8 Å². The molecule has 0 unspecified atom stereocenters. The third kappa shape index (κ3) is 9.30. The SMILES string of the molecule is CS(=O)(=O)N(CC(=O)N(Cc1c(Cl)cccc1Cl)[C@@H](Cc1ccccc1)C(=O)NC1CCCCC1)c1cc(C(F)(F)F)ccc1Cl. The molecular formula is C32H33Cl3F3N3O4S. The number of alkyl halides is 3. The lowest BCUT2D eigenvalue weighted by Gasteiger charge is -2.35. The van der Waals surface area contributed by atoms with Crippen molar-refractivity contribution in [1.29, 1.82) is 0 Å². The molecule has 14 heteroatoms. The minimum absolute atomic E-state index is 0.0520. The number of nitrogens with one attached hydrogen (secondary N) is 1. The van der Waals surface area contributed by atoms with Crippen molar-refractivity contribution in [1.82, 2.24) is 10.2 Å². The van der Waals surface area contributed by atoms with Crippen LogP contribution in [-0.2, 0) is 38.8 Å². The number of halogens is 6. The molecular weight excluding hydrogens is 686 g/mol. The Morgan fingerprint density at radius 3 is 2.13 bits per heavy atom. The van der Waals surface area contributed by atoms with Crippen LogP contribution in [-0.4, -0.2) is 50.0 Å². The normalized spacial score (nSPS) is 14.8. The number of amides is 2. The molecule has 0 aliphatic heterocycles. The number of benzene rings is 3. The summed E-state index contributed by atoms with van der Waals surface area (Å²) in [5.74, 6) is -1.34. The number of carbonyl (C=O) groups excluding carboxylic acids is 2. The van der Waals surface area contributed by atoms with Crippen molar-refractivity contribution < 1.29 is 31.2 Å². The number of hydrogen-bond donors (Lipinski definition) is 1. The van der Waals surface area contributed by atoms with Crippen molar-refractivity contribution in [2.24, 2.45) is 0 Å². The molecule has 0 heterocycles. The van der Waals surface area contributed by atoms with Crippen LogP contribution in [0.2, 0.25) is 15.1 Å². The molecule has 0 bridgehead atoms. The van der Waals surface area contributed by atoms with E-state index in [1.54, 1.807) is 48.5 Å². The molecule has 0 aromatic heterocycles. The van der Waals surface area contributed by atoms with Gasteiger partial charge in [0, 0.05) is 34.6 Å². The second-order valence-electron chi connectivity index (χ2n) is 11.2. The van der Waals surface area contributed by atoms with Crippen LogP contribution in [0.15, 0.2) is 66.7 Å². The highest BCUT2D eigenvalue weighted by Gasteiger charge is 2.37. The Kier molecular flexibility index (Phi) is 11.9. The zero-order valence-corrected chi connectivity index (χ0v) is 28.0. The van der Waals surface area contributed by atoms with Gasteiger partial charge in [-0.1, -0.05) is 90.5 Å². The summed E-state index contributed by atoms with van der Waals surface area (Å²) in [6.45, 7) is -1.25. The topological polar surface area (TPSA) is 86.8 Å². The smallest absolute Gasteiger partial charge is 0.352 e. The highest BCUT2D eigenvalue weighted by atomic mass is 35.5. The van der Waals surface area contributed by atoms with Crippen molar-refractivity contribution in [3.8, 4) is 0 Å². The minimum atomic E-state index is -4.81. The van der Waals surface area contributed by atoms with Crippen LogP contribution in [0.25, 0.3) is 0 Å². The average Bonchev–Trinajstić information content (AvgIpc) is 2.99. The van der Waals surface area contributed by atoms with Gasteiger partial charge in [0.15, 0.2) is 0 Å². The summed E-state index contributed by atoms with van der Waals surface area (Å²) in [6.07, 6.45) is 0.459. The Bertz CT molecular complexity index is 1630. The minimum Gasteiger partial charge on any atom is -0.352 e. The summed E-state index contributed by atoms with van der Waals surface area (Å²) in [5.41, 5.74) is -0.656. The lowest BCUT2D eigenvalue weighted by Crippen LogP contribution is -2.55. The van der Waals surface area contributed by atoms with Gasteiger partial charge in [0.2, 0.25) is 21.8 Å². The first kappa shape index (κ1) is 35.9. The van der Waals surface area contributed by atoms with Crippen molar-refractivity contribution in [2.75, 3.05) is 17.1 Å². The van der Waals surface area contributed by atoms with Gasteiger partial charge in [0.25, 0.3) is 0 Å². The summed E-state index contributed by atoms with van der Waals surface area (Å²) in [4.78, 5) is 29.5. The van der Waals surface area contributed by atoms with E-state index in [1.807, 2.05) is 0 Å². The maximum atomic E-state index is 14.3. The number of sulfonamides is 1. The fourth-order valence-electron chi connectivity index (χ4n) is 5.43. The first-order valence-electron chi connectivity index (χ1n) is 14.6. The summed E-state index contributed by atoms with van der Waals surface area (Å²) in [7, 11) is -4.37. The number of carbonyl (C=O) groups is 2. The molecule has 0 spiro atoms. The Labute approximate surface area is 281 Å². The zero-order valence-electron chi connectivity index (χ0n) is 24.9. The molecule has 3 aromatic carbocycles. The maximum Gasteiger partial charge on any atom is 0.416 e. The van der Waals surface area contributed by atoms with Crippen molar-refractivity contribution in [3.05, 3.63) is 98.5 Å². The number of hydrogen-bond acceptors (Lipinski definition) is 4. The molecule has 2 amide bonds. The van der Waals surface area contributed by atoms with Crippen molar-refractivity contribution in [3.63, 3.8) is 0 Å². The second kappa shape index (κ2) is 15.3. The monoisotopic (exact) mass is 717 g/mol. The highest BCUT2D eigenvalue weighted by molar-refractivity contribution is 7.92. The Morgan fingerprint density at radius 2 is 1.54 bits per heavy atom. The Balaban J connectivity index is 1.80. The molecule has 248 valence electrons. The van der Waals surface area contributed by atoms with Crippen molar-refractivity contribution in [2.45, 2.75) is 63.3 Å². The van der Waals surface area contributed by atoms with E-state index in [2.05, 4.69) is 5.32 Å². The molecule has 46 heavy (non-hydrogen) atoms. The van der Waals surface area contributed by atoms with E-state index in [0.29, 0.717) is 22.0 Å². The van der Waals surface area contributed by atoms with E-state index in [9.17, 15) is 31.2 Å². The van der Waals surface area contributed by atoms with Gasteiger partial charge in [-0.2, -0.15) is 13.2 Å². The average molecular weight is 719 g/mol. The zero-order chi connectivity index (χ0) is 33.6. The largest absolute Gasteiger partial charge is 0.416 e. The second-order valence-corrected chi connectivity index (χ2v) is 14.3. The third-order valence-electron chi connectivity index (χ3n) is 7.83. The Hall–Kier alpha value is -2.99. The van der Waals surface area contributed by atoms with Crippen LogP contribution in [0.1, 0.15) is 48.8 Å².